The van der Waals surface area contributed by atoms with Gasteiger partial charge in [-0.25, -0.2) is 14.8 Å². The number of urea groups is 1. The summed E-state index contributed by atoms with van der Waals surface area (Å²) in [4.78, 5) is 28.6. The molecule has 3 heterocycles. The number of rotatable bonds is 4. The van der Waals surface area contributed by atoms with Crippen molar-refractivity contribution in [3.05, 3.63) is 80.4 Å². The van der Waals surface area contributed by atoms with Crippen molar-refractivity contribution in [1.29, 1.82) is 0 Å². The molecule has 176 valence electrons. The maximum atomic E-state index is 12.3. The number of fused-ring (bicyclic) bond motifs is 3. The molecule has 2 amide bonds. The zero-order chi connectivity index (χ0) is 23.9. The number of aliphatic imine (C=N–C) groups is 1. The van der Waals surface area contributed by atoms with Crippen LogP contribution in [0.5, 0.6) is 0 Å². The minimum absolute atomic E-state index is 0.0945. The number of carbonyl (C=O) groups is 1. The fourth-order valence-electron chi connectivity index (χ4n) is 4.91. The van der Waals surface area contributed by atoms with Crippen LogP contribution >= 0.6 is 27.3 Å². The van der Waals surface area contributed by atoms with Gasteiger partial charge in [-0.05, 0) is 73.6 Å². The zero-order valence-corrected chi connectivity index (χ0v) is 21.7. The van der Waals surface area contributed by atoms with Gasteiger partial charge in [0.05, 0.1) is 17.1 Å². The summed E-state index contributed by atoms with van der Waals surface area (Å²) < 4.78 is 1.01. The third-order valence-corrected chi connectivity index (χ3v) is 8.33. The molecule has 0 fully saturated rings. The van der Waals surface area contributed by atoms with E-state index in [1.807, 2.05) is 66.8 Å². The Morgan fingerprint density at radius 1 is 1.03 bits per heavy atom. The van der Waals surface area contributed by atoms with Gasteiger partial charge in [0, 0.05) is 21.5 Å². The van der Waals surface area contributed by atoms with Crippen molar-refractivity contribution in [2.75, 3.05) is 5.32 Å². The van der Waals surface area contributed by atoms with Gasteiger partial charge in [0.25, 0.3) is 0 Å². The van der Waals surface area contributed by atoms with Crippen molar-refractivity contribution >= 4 is 60.7 Å². The summed E-state index contributed by atoms with van der Waals surface area (Å²) in [7, 11) is 0. The van der Waals surface area contributed by atoms with Gasteiger partial charge in [-0.15, -0.1) is 11.3 Å². The largest absolute Gasteiger partial charge is 0.341 e. The third-order valence-electron chi connectivity index (χ3n) is 6.61. The van der Waals surface area contributed by atoms with Crippen LogP contribution in [0.25, 0.3) is 10.2 Å². The van der Waals surface area contributed by atoms with Crippen molar-refractivity contribution in [1.82, 2.24) is 15.3 Å². The molecule has 2 aliphatic rings. The molecule has 8 heteroatoms. The molecular formula is C27H24BrN5OS. The minimum atomic E-state index is -0.303. The number of halogens is 1. The lowest BCUT2D eigenvalue weighted by Crippen LogP contribution is -2.33. The number of anilines is 2. The molecule has 0 bridgehead atoms. The lowest BCUT2D eigenvalue weighted by Gasteiger charge is -2.23. The van der Waals surface area contributed by atoms with Gasteiger partial charge in [-0.1, -0.05) is 40.2 Å². The molecule has 1 aliphatic carbocycles. The average molecular weight is 546 g/mol. The van der Waals surface area contributed by atoms with Crippen LogP contribution in [0.4, 0.5) is 16.3 Å². The summed E-state index contributed by atoms with van der Waals surface area (Å²) in [6.45, 7) is 1.94. The number of nitrogens with zero attached hydrogens (tertiary/aromatic N) is 3. The van der Waals surface area contributed by atoms with Crippen LogP contribution in [0.2, 0.25) is 0 Å². The number of aryl methyl sites for hydroxylation is 3. The van der Waals surface area contributed by atoms with E-state index in [1.165, 1.54) is 28.7 Å². The monoisotopic (exact) mass is 545 g/mol. The predicted octanol–water partition coefficient (Wildman–Crippen LogP) is 7.03. The molecule has 1 unspecified atom stereocenters. The quantitative estimate of drug-likeness (QED) is 0.288. The van der Waals surface area contributed by atoms with E-state index in [0.29, 0.717) is 6.42 Å². The molecule has 2 aromatic heterocycles. The van der Waals surface area contributed by atoms with Gasteiger partial charge < -0.3 is 10.6 Å². The number of amides is 2. The van der Waals surface area contributed by atoms with Crippen LogP contribution < -0.4 is 10.6 Å². The molecule has 6 nitrogen and oxygen atoms in total. The normalized spacial score (nSPS) is 17.6. The molecule has 2 aromatic carbocycles. The van der Waals surface area contributed by atoms with E-state index in [4.69, 9.17) is 9.97 Å². The van der Waals surface area contributed by atoms with Crippen molar-refractivity contribution in [2.24, 2.45) is 4.99 Å². The predicted molar refractivity (Wildman–Crippen MR) is 145 cm³/mol. The molecule has 1 aliphatic heterocycles. The molecule has 6 rings (SSSR count). The Kier molecular flexibility index (Phi) is 5.86. The van der Waals surface area contributed by atoms with Crippen LogP contribution in [-0.4, -0.2) is 21.7 Å². The highest BCUT2D eigenvalue weighted by Gasteiger charge is 2.24. The molecule has 35 heavy (non-hydrogen) atoms. The van der Waals surface area contributed by atoms with Crippen LogP contribution in [0, 0.1) is 6.92 Å². The summed E-state index contributed by atoms with van der Waals surface area (Å²) in [5.41, 5.74) is 5.17. The fraction of sp³-hybridized carbons (Fsp3) is 0.259. The van der Waals surface area contributed by atoms with Crippen LogP contribution in [-0.2, 0) is 12.8 Å². The van der Waals surface area contributed by atoms with Crippen LogP contribution in [0.3, 0.4) is 0 Å². The average Bonchev–Trinajstić information content (AvgIpc) is 3.23. The second-order valence-corrected chi connectivity index (χ2v) is 11.0. The van der Waals surface area contributed by atoms with Gasteiger partial charge in [-0.3, -0.25) is 0 Å². The molecule has 0 radical (unpaired) electrons. The van der Waals surface area contributed by atoms with Gasteiger partial charge in [0.2, 0.25) is 0 Å². The Hall–Kier alpha value is -3.10. The standard InChI is InChI=1S/C27H24BrN5OS/c1-15-29-25(24-20-4-2-3-5-23(20)35-26(24)30-15)31-19-12-8-17(9-13-19)22-14-21(32-27(34)33-22)16-6-10-18(28)11-7-16/h6-13,21H,2-5,14H2,1H3,(H,32,34)(H,29,30,31). The van der Waals surface area contributed by atoms with Gasteiger partial charge in [0.1, 0.15) is 16.5 Å². The summed E-state index contributed by atoms with van der Waals surface area (Å²) in [6.07, 6.45) is 5.35. The Morgan fingerprint density at radius 2 is 1.80 bits per heavy atom. The summed E-state index contributed by atoms with van der Waals surface area (Å²) in [6, 6.07) is 15.7. The van der Waals surface area contributed by atoms with Crippen molar-refractivity contribution in [2.45, 2.75) is 45.1 Å². The van der Waals surface area contributed by atoms with Crippen molar-refractivity contribution in [3.8, 4) is 0 Å². The molecular weight excluding hydrogens is 522 g/mol. The molecule has 0 spiro atoms. The second kappa shape index (κ2) is 9.17. The Labute approximate surface area is 216 Å². The Bertz CT molecular complexity index is 1460. The number of hydrogen-bond donors (Lipinski definition) is 2. The summed E-state index contributed by atoms with van der Waals surface area (Å²) >= 11 is 5.28. The molecule has 2 N–H and O–H groups in total. The summed E-state index contributed by atoms with van der Waals surface area (Å²) in [5.74, 6) is 1.65. The van der Waals surface area contributed by atoms with Gasteiger partial charge in [-0.2, -0.15) is 4.99 Å². The second-order valence-electron chi connectivity index (χ2n) is 9.03. The van der Waals surface area contributed by atoms with E-state index in [9.17, 15) is 4.79 Å². The molecule has 0 saturated carbocycles. The Balaban J connectivity index is 1.26. The first kappa shape index (κ1) is 22.4. The van der Waals surface area contributed by atoms with Crippen molar-refractivity contribution in [3.63, 3.8) is 0 Å². The van der Waals surface area contributed by atoms with E-state index in [2.05, 4.69) is 31.6 Å². The number of thiophene rings is 1. The first-order chi connectivity index (χ1) is 17.0. The first-order valence-electron chi connectivity index (χ1n) is 11.8. The molecule has 1 atom stereocenters. The van der Waals surface area contributed by atoms with E-state index >= 15 is 0 Å². The molecule has 4 aromatic rings. The SMILES string of the molecule is Cc1nc(Nc2ccc(C3=NC(=O)NC(c4ccc(Br)cc4)C3)cc2)c2c3c(sc2n1)CCCC3. The lowest BCUT2D eigenvalue weighted by molar-refractivity contribution is 0.244. The Morgan fingerprint density at radius 3 is 2.60 bits per heavy atom. The summed E-state index contributed by atoms with van der Waals surface area (Å²) in [5, 5.41) is 7.68. The number of hydrogen-bond acceptors (Lipinski definition) is 5. The smallest absolute Gasteiger partial charge is 0.340 e. The van der Waals surface area contributed by atoms with E-state index in [1.54, 1.807) is 0 Å². The lowest BCUT2D eigenvalue weighted by atomic mass is 9.96. The highest BCUT2D eigenvalue weighted by atomic mass is 79.9. The zero-order valence-electron chi connectivity index (χ0n) is 19.3. The number of benzene rings is 2. The maximum absolute atomic E-state index is 12.3. The highest BCUT2D eigenvalue weighted by Crippen LogP contribution is 2.39. The third kappa shape index (κ3) is 4.48. The van der Waals surface area contributed by atoms with E-state index in [-0.39, 0.29) is 12.1 Å². The van der Waals surface area contributed by atoms with E-state index in [0.717, 1.165) is 56.3 Å². The van der Waals surface area contributed by atoms with Crippen LogP contribution in [0.1, 0.15) is 52.7 Å². The number of nitrogens with one attached hydrogen (secondary N) is 2. The van der Waals surface area contributed by atoms with Gasteiger partial charge in [0.15, 0.2) is 0 Å². The van der Waals surface area contributed by atoms with Crippen molar-refractivity contribution < 1.29 is 4.79 Å². The van der Waals surface area contributed by atoms with E-state index < -0.39 is 0 Å². The molecule has 0 saturated heterocycles. The fourth-order valence-corrected chi connectivity index (χ4v) is 6.48. The number of aromatic nitrogens is 2. The topological polar surface area (TPSA) is 79.3 Å². The highest BCUT2D eigenvalue weighted by molar-refractivity contribution is 9.10. The first-order valence-corrected chi connectivity index (χ1v) is 13.4. The van der Waals surface area contributed by atoms with Gasteiger partial charge >= 0.3 is 6.03 Å². The maximum Gasteiger partial charge on any atom is 0.341 e. The minimum Gasteiger partial charge on any atom is -0.340 e. The van der Waals surface area contributed by atoms with Crippen LogP contribution in [0.15, 0.2) is 58.0 Å². The number of carbonyl (C=O) groups excluding carboxylic acids is 1.